The summed E-state index contributed by atoms with van der Waals surface area (Å²) in [5, 5.41) is 12.5. The van der Waals surface area contributed by atoms with Crippen molar-refractivity contribution in [1.82, 2.24) is 10.2 Å². The van der Waals surface area contributed by atoms with Crippen molar-refractivity contribution in [2.24, 2.45) is 0 Å². The summed E-state index contributed by atoms with van der Waals surface area (Å²) in [6.07, 6.45) is 2.48. The van der Waals surface area contributed by atoms with Gasteiger partial charge in [0.05, 0.1) is 18.5 Å². The number of benzene rings is 1. The Morgan fingerprint density at radius 3 is 2.48 bits per heavy atom. The third-order valence-electron chi connectivity index (χ3n) is 4.78. The van der Waals surface area contributed by atoms with Crippen molar-refractivity contribution in [1.29, 1.82) is 5.26 Å². The van der Waals surface area contributed by atoms with Gasteiger partial charge in [0.1, 0.15) is 0 Å². The van der Waals surface area contributed by atoms with Gasteiger partial charge in [0.2, 0.25) is 5.91 Å². The molecule has 25 heavy (non-hydrogen) atoms. The maximum Gasteiger partial charge on any atom is 0.244 e. The molecule has 5 nitrogen and oxygen atoms in total. The van der Waals surface area contributed by atoms with E-state index >= 15 is 0 Å². The Morgan fingerprint density at radius 1 is 1.28 bits per heavy atom. The third-order valence-corrected chi connectivity index (χ3v) is 4.78. The maximum atomic E-state index is 13.1. The van der Waals surface area contributed by atoms with Crippen LogP contribution in [-0.4, -0.2) is 48.6 Å². The molecule has 1 aromatic carbocycles. The molecule has 1 aliphatic rings. The molecule has 1 fully saturated rings. The van der Waals surface area contributed by atoms with Crippen LogP contribution in [0.2, 0.25) is 0 Å². The number of carbonyl (C=O) groups is 1. The lowest BCUT2D eigenvalue weighted by atomic mass is 10.0. The van der Waals surface area contributed by atoms with Gasteiger partial charge in [0, 0.05) is 37.4 Å². The predicted molar refractivity (Wildman–Crippen MR) is 101 cm³/mol. The molecule has 0 aliphatic carbocycles. The van der Waals surface area contributed by atoms with E-state index in [0.717, 1.165) is 31.6 Å². The molecule has 5 heteroatoms. The molecule has 2 rings (SSSR count). The Morgan fingerprint density at radius 2 is 1.92 bits per heavy atom. The summed E-state index contributed by atoms with van der Waals surface area (Å²) in [4.78, 5) is 17.1. The molecular weight excluding hydrogens is 312 g/mol. The second kappa shape index (κ2) is 9.55. The molecule has 136 valence electrons. The number of nitrogens with zero attached hydrogens (tertiary/aromatic N) is 3. The van der Waals surface area contributed by atoms with E-state index in [1.165, 1.54) is 0 Å². The third kappa shape index (κ3) is 5.55. The number of para-hydroxylation sites is 1. The number of hydrogen-bond acceptors (Lipinski definition) is 4. The van der Waals surface area contributed by atoms with E-state index in [9.17, 15) is 4.79 Å². The minimum atomic E-state index is -0.168. The first-order valence-corrected chi connectivity index (χ1v) is 9.26. The minimum absolute atomic E-state index is 0.0803. The lowest BCUT2D eigenvalue weighted by Gasteiger charge is -2.38. The molecule has 0 aromatic heterocycles. The summed E-state index contributed by atoms with van der Waals surface area (Å²) in [5.41, 5.74) is 0.867. The van der Waals surface area contributed by atoms with Gasteiger partial charge >= 0.3 is 0 Å². The Balaban J connectivity index is 2.00. The minimum Gasteiger partial charge on any atom is -0.312 e. The molecule has 1 unspecified atom stereocenters. The van der Waals surface area contributed by atoms with Crippen LogP contribution < -0.4 is 10.2 Å². The standard InChI is InChI=1S/C20H30N4O/c1-16(2)22-18-10-14-23(15-11-18)17(3)20(25)24(13-7-12-21)19-8-5-4-6-9-19/h4-6,8-9,16-18,22H,7,10-11,13-15H2,1-3H3. The monoisotopic (exact) mass is 342 g/mol. The lowest BCUT2D eigenvalue weighted by Crippen LogP contribution is -2.52. The number of hydrogen-bond donors (Lipinski definition) is 1. The number of carbonyl (C=O) groups excluding carboxylic acids is 1. The Labute approximate surface area is 151 Å². The Hall–Kier alpha value is -1.90. The van der Waals surface area contributed by atoms with Crippen LogP contribution in [0.15, 0.2) is 30.3 Å². The molecule has 1 N–H and O–H groups in total. The summed E-state index contributed by atoms with van der Waals surface area (Å²) in [6, 6.07) is 12.7. The van der Waals surface area contributed by atoms with Gasteiger partial charge in [-0.15, -0.1) is 0 Å². The van der Waals surface area contributed by atoms with E-state index in [1.54, 1.807) is 4.90 Å². The van der Waals surface area contributed by atoms with Crippen molar-refractivity contribution in [3.8, 4) is 6.07 Å². The fourth-order valence-corrected chi connectivity index (χ4v) is 3.44. The fraction of sp³-hybridized carbons (Fsp3) is 0.600. The average molecular weight is 342 g/mol. The Kier molecular flexibility index (Phi) is 7.42. The van der Waals surface area contributed by atoms with Crippen LogP contribution in [-0.2, 0) is 4.79 Å². The van der Waals surface area contributed by atoms with E-state index in [1.807, 2.05) is 37.3 Å². The molecular formula is C20H30N4O. The van der Waals surface area contributed by atoms with E-state index in [2.05, 4.69) is 30.1 Å². The zero-order chi connectivity index (χ0) is 18.2. The highest BCUT2D eigenvalue weighted by atomic mass is 16.2. The van der Waals surface area contributed by atoms with Crippen LogP contribution in [0.3, 0.4) is 0 Å². The van der Waals surface area contributed by atoms with Gasteiger partial charge in [0.15, 0.2) is 0 Å². The van der Waals surface area contributed by atoms with Crippen molar-refractivity contribution in [2.45, 2.75) is 58.2 Å². The second-order valence-electron chi connectivity index (χ2n) is 7.04. The lowest BCUT2D eigenvalue weighted by molar-refractivity contribution is -0.123. The predicted octanol–water partition coefficient (Wildman–Crippen LogP) is 2.78. The molecule has 0 radical (unpaired) electrons. The van der Waals surface area contributed by atoms with Gasteiger partial charge in [-0.05, 0) is 31.9 Å². The number of likely N-dealkylation sites (tertiary alicyclic amines) is 1. The highest BCUT2D eigenvalue weighted by Gasteiger charge is 2.30. The van der Waals surface area contributed by atoms with Crippen LogP contribution in [0.4, 0.5) is 5.69 Å². The highest BCUT2D eigenvalue weighted by Crippen LogP contribution is 2.19. The summed E-state index contributed by atoms with van der Waals surface area (Å²) in [6.45, 7) is 8.63. The first-order valence-electron chi connectivity index (χ1n) is 9.26. The maximum absolute atomic E-state index is 13.1. The van der Waals surface area contributed by atoms with Gasteiger partial charge in [-0.1, -0.05) is 32.0 Å². The summed E-state index contributed by atoms with van der Waals surface area (Å²) in [7, 11) is 0. The van der Waals surface area contributed by atoms with Gasteiger partial charge in [-0.25, -0.2) is 0 Å². The molecule has 0 spiro atoms. The van der Waals surface area contributed by atoms with Gasteiger partial charge in [0.25, 0.3) is 0 Å². The first-order chi connectivity index (χ1) is 12.0. The quantitative estimate of drug-likeness (QED) is 0.828. The number of rotatable bonds is 7. The van der Waals surface area contributed by atoms with Crippen LogP contribution in [0.1, 0.15) is 40.0 Å². The van der Waals surface area contributed by atoms with Crippen molar-refractivity contribution in [3.05, 3.63) is 30.3 Å². The zero-order valence-electron chi connectivity index (χ0n) is 15.6. The molecule has 0 bridgehead atoms. The topological polar surface area (TPSA) is 59.4 Å². The molecule has 1 atom stereocenters. The second-order valence-corrected chi connectivity index (χ2v) is 7.04. The first kappa shape index (κ1) is 19.4. The average Bonchev–Trinajstić information content (AvgIpc) is 2.62. The van der Waals surface area contributed by atoms with Crippen molar-refractivity contribution >= 4 is 11.6 Å². The van der Waals surface area contributed by atoms with E-state index < -0.39 is 0 Å². The highest BCUT2D eigenvalue weighted by molar-refractivity contribution is 5.96. The van der Waals surface area contributed by atoms with E-state index in [0.29, 0.717) is 25.0 Å². The van der Waals surface area contributed by atoms with Crippen LogP contribution in [0.25, 0.3) is 0 Å². The molecule has 1 amide bonds. The van der Waals surface area contributed by atoms with E-state index in [-0.39, 0.29) is 11.9 Å². The van der Waals surface area contributed by atoms with Crippen LogP contribution >= 0.6 is 0 Å². The van der Waals surface area contributed by atoms with Crippen molar-refractivity contribution < 1.29 is 4.79 Å². The van der Waals surface area contributed by atoms with Gasteiger partial charge in [-0.3, -0.25) is 9.69 Å². The summed E-state index contributed by atoms with van der Waals surface area (Å²) >= 11 is 0. The normalized spacial score (nSPS) is 17.2. The number of anilines is 1. The number of nitrogens with one attached hydrogen (secondary N) is 1. The molecule has 0 saturated carbocycles. The fourth-order valence-electron chi connectivity index (χ4n) is 3.44. The van der Waals surface area contributed by atoms with Gasteiger partial charge in [-0.2, -0.15) is 5.26 Å². The smallest absolute Gasteiger partial charge is 0.244 e. The molecule has 1 aliphatic heterocycles. The van der Waals surface area contributed by atoms with Crippen LogP contribution in [0, 0.1) is 11.3 Å². The van der Waals surface area contributed by atoms with E-state index in [4.69, 9.17) is 5.26 Å². The molecule has 1 saturated heterocycles. The molecule has 1 heterocycles. The SMILES string of the molecule is CC(C)NC1CCN(C(C)C(=O)N(CCC#N)c2ccccc2)CC1. The largest absolute Gasteiger partial charge is 0.312 e. The van der Waals surface area contributed by atoms with Crippen molar-refractivity contribution in [3.63, 3.8) is 0 Å². The number of amides is 1. The van der Waals surface area contributed by atoms with Gasteiger partial charge < -0.3 is 10.2 Å². The van der Waals surface area contributed by atoms with Crippen molar-refractivity contribution in [2.75, 3.05) is 24.5 Å². The number of nitriles is 1. The summed E-state index contributed by atoms with van der Waals surface area (Å²) < 4.78 is 0. The molecule has 1 aromatic rings. The zero-order valence-corrected chi connectivity index (χ0v) is 15.6. The Bertz CT molecular complexity index is 573. The number of piperidine rings is 1. The van der Waals surface area contributed by atoms with Crippen LogP contribution in [0.5, 0.6) is 0 Å². The summed E-state index contributed by atoms with van der Waals surface area (Å²) in [5.74, 6) is 0.0803.